The van der Waals surface area contributed by atoms with Gasteiger partial charge in [0.2, 0.25) is 5.91 Å². The van der Waals surface area contributed by atoms with Crippen molar-refractivity contribution in [1.82, 2.24) is 16.2 Å². The van der Waals surface area contributed by atoms with Gasteiger partial charge in [-0.3, -0.25) is 35.9 Å². The number of thiocarbonyl (C=S) groups is 1. The van der Waals surface area contributed by atoms with Gasteiger partial charge in [-0.1, -0.05) is 41.9 Å². The molecular weight excluding hydrogens is 392 g/mol. The zero-order valence-electron chi connectivity index (χ0n) is 13.9. The van der Waals surface area contributed by atoms with Gasteiger partial charge in [0, 0.05) is 18.1 Å². The number of amides is 2. The Labute approximate surface area is 165 Å². The average Bonchev–Trinajstić information content (AvgIpc) is 2.65. The molecule has 0 spiro atoms. The van der Waals surface area contributed by atoms with E-state index in [-0.39, 0.29) is 28.0 Å². The van der Waals surface area contributed by atoms with Crippen LogP contribution in [0.15, 0.2) is 48.5 Å². The third-order valence-electron chi connectivity index (χ3n) is 3.43. The van der Waals surface area contributed by atoms with Crippen LogP contribution < -0.4 is 16.2 Å². The van der Waals surface area contributed by atoms with Crippen molar-refractivity contribution in [3.63, 3.8) is 0 Å². The van der Waals surface area contributed by atoms with E-state index >= 15 is 0 Å². The number of nitrogens with one attached hydrogen (secondary N) is 3. The molecule has 0 bridgehead atoms. The molecule has 0 saturated heterocycles. The van der Waals surface area contributed by atoms with Crippen LogP contribution in [-0.4, -0.2) is 21.9 Å². The van der Waals surface area contributed by atoms with Gasteiger partial charge in [0.15, 0.2) is 5.11 Å². The van der Waals surface area contributed by atoms with Crippen LogP contribution in [0.2, 0.25) is 5.02 Å². The van der Waals surface area contributed by atoms with Gasteiger partial charge in [0.05, 0.1) is 4.92 Å². The Bertz CT molecular complexity index is 876. The van der Waals surface area contributed by atoms with E-state index in [1.54, 1.807) is 0 Å². The van der Waals surface area contributed by atoms with Crippen LogP contribution in [0.3, 0.4) is 0 Å². The van der Waals surface area contributed by atoms with Crippen molar-refractivity contribution in [3.8, 4) is 0 Å². The third-order valence-corrected chi connectivity index (χ3v) is 3.95. The van der Waals surface area contributed by atoms with E-state index in [2.05, 4.69) is 16.2 Å². The van der Waals surface area contributed by atoms with E-state index in [9.17, 15) is 19.7 Å². The summed E-state index contributed by atoms with van der Waals surface area (Å²) in [6.45, 7) is 0. The fourth-order valence-electron chi connectivity index (χ4n) is 2.09. The molecule has 0 aromatic heterocycles. The van der Waals surface area contributed by atoms with Crippen molar-refractivity contribution in [1.29, 1.82) is 0 Å². The number of carbonyl (C=O) groups excluding carboxylic acids is 2. The summed E-state index contributed by atoms with van der Waals surface area (Å²) in [7, 11) is 0. The molecule has 0 heterocycles. The van der Waals surface area contributed by atoms with Crippen molar-refractivity contribution in [2.75, 3.05) is 0 Å². The molecule has 0 radical (unpaired) electrons. The molecule has 0 saturated carbocycles. The Morgan fingerprint density at radius 2 is 1.81 bits per heavy atom. The number of halogens is 1. The Morgan fingerprint density at radius 3 is 2.48 bits per heavy atom. The van der Waals surface area contributed by atoms with Gasteiger partial charge in [-0.2, -0.15) is 0 Å². The van der Waals surface area contributed by atoms with Gasteiger partial charge in [0.1, 0.15) is 5.02 Å². The highest BCUT2D eigenvalue weighted by Crippen LogP contribution is 2.24. The Balaban J connectivity index is 1.81. The van der Waals surface area contributed by atoms with Crippen molar-refractivity contribution in [2.45, 2.75) is 12.8 Å². The number of nitrogens with zero attached hydrogens (tertiary/aromatic N) is 1. The van der Waals surface area contributed by atoms with E-state index in [4.69, 9.17) is 23.8 Å². The summed E-state index contributed by atoms with van der Waals surface area (Å²) in [6.07, 6.45) is 0.791. The summed E-state index contributed by atoms with van der Waals surface area (Å²) in [5.74, 6) is -0.983. The lowest BCUT2D eigenvalue weighted by Crippen LogP contribution is -2.48. The lowest BCUT2D eigenvalue weighted by molar-refractivity contribution is -0.384. The molecule has 8 nitrogen and oxygen atoms in total. The molecule has 0 aliphatic carbocycles. The van der Waals surface area contributed by atoms with Crippen LogP contribution in [0.25, 0.3) is 0 Å². The first-order chi connectivity index (χ1) is 12.9. The smallest absolute Gasteiger partial charge is 0.288 e. The topological polar surface area (TPSA) is 113 Å². The Morgan fingerprint density at radius 1 is 1.11 bits per heavy atom. The van der Waals surface area contributed by atoms with Crippen LogP contribution in [-0.2, 0) is 11.2 Å². The normalized spacial score (nSPS) is 9.96. The summed E-state index contributed by atoms with van der Waals surface area (Å²) < 4.78 is 0. The van der Waals surface area contributed by atoms with Gasteiger partial charge >= 0.3 is 0 Å². The minimum absolute atomic E-state index is 0.00524. The summed E-state index contributed by atoms with van der Waals surface area (Å²) in [4.78, 5) is 34.0. The van der Waals surface area contributed by atoms with Gasteiger partial charge in [-0.15, -0.1) is 0 Å². The number of nitro benzene ring substituents is 1. The number of rotatable bonds is 5. The van der Waals surface area contributed by atoms with E-state index in [1.165, 1.54) is 12.1 Å². The third kappa shape index (κ3) is 6.32. The second kappa shape index (κ2) is 9.60. The van der Waals surface area contributed by atoms with E-state index < -0.39 is 16.5 Å². The minimum atomic E-state index is -0.692. The van der Waals surface area contributed by atoms with Crippen LogP contribution >= 0.6 is 23.8 Å². The average molecular weight is 407 g/mol. The molecule has 0 unspecified atom stereocenters. The molecule has 2 amide bonds. The lowest BCUT2D eigenvalue weighted by atomic mass is 10.1. The highest BCUT2D eigenvalue weighted by molar-refractivity contribution is 7.80. The van der Waals surface area contributed by atoms with E-state index in [1.807, 2.05) is 30.3 Å². The van der Waals surface area contributed by atoms with E-state index in [0.717, 1.165) is 11.6 Å². The van der Waals surface area contributed by atoms with Crippen molar-refractivity contribution in [3.05, 3.63) is 74.8 Å². The predicted octanol–water partition coefficient (Wildman–Crippen LogP) is 2.52. The number of carbonyl (C=O) groups is 2. The first kappa shape index (κ1) is 20.3. The molecule has 2 rings (SSSR count). The molecular formula is C17H15ClN4O4S. The molecule has 10 heteroatoms. The maximum atomic E-state index is 12.1. The Kier molecular flexibility index (Phi) is 7.21. The second-order valence-corrected chi connectivity index (χ2v) is 6.18. The van der Waals surface area contributed by atoms with Crippen molar-refractivity contribution >= 4 is 46.4 Å². The number of hydrogen-bond acceptors (Lipinski definition) is 5. The molecule has 27 heavy (non-hydrogen) atoms. The largest absolute Gasteiger partial charge is 0.298 e. The van der Waals surface area contributed by atoms with Gasteiger partial charge in [-0.05, 0) is 36.3 Å². The molecule has 0 atom stereocenters. The summed E-state index contributed by atoms with van der Waals surface area (Å²) >= 11 is 10.6. The number of nitro groups is 1. The second-order valence-electron chi connectivity index (χ2n) is 5.37. The highest BCUT2D eigenvalue weighted by Gasteiger charge is 2.17. The zero-order chi connectivity index (χ0) is 19.8. The maximum absolute atomic E-state index is 12.1. The first-order valence-corrected chi connectivity index (χ1v) is 8.53. The predicted molar refractivity (Wildman–Crippen MR) is 104 cm³/mol. The zero-order valence-corrected chi connectivity index (χ0v) is 15.5. The number of aryl methyl sites for hydroxylation is 1. The monoisotopic (exact) mass is 406 g/mol. The lowest BCUT2D eigenvalue weighted by Gasteiger charge is -2.11. The van der Waals surface area contributed by atoms with Gasteiger partial charge in [0.25, 0.3) is 11.6 Å². The molecule has 3 N–H and O–H groups in total. The van der Waals surface area contributed by atoms with Crippen LogP contribution in [0.1, 0.15) is 22.3 Å². The molecule has 2 aromatic carbocycles. The molecule has 0 aliphatic rings. The van der Waals surface area contributed by atoms with E-state index in [0.29, 0.717) is 6.42 Å². The summed E-state index contributed by atoms with van der Waals surface area (Å²) in [5.41, 5.74) is 5.42. The maximum Gasteiger partial charge on any atom is 0.288 e. The molecule has 0 fully saturated rings. The van der Waals surface area contributed by atoms with Crippen molar-refractivity contribution in [2.24, 2.45) is 0 Å². The fraction of sp³-hybridized carbons (Fsp3) is 0.118. The number of hydrogen-bond donors (Lipinski definition) is 3. The standard InChI is InChI=1S/C17H15ClN4O4S/c18-13-8-7-12(10-14(13)22(25)26)16(24)19-17(27)21-20-15(23)9-6-11-4-2-1-3-5-11/h1-5,7-8,10H,6,9H2,(H,20,23)(H2,19,21,24,27). The summed E-state index contributed by atoms with van der Waals surface area (Å²) in [6, 6.07) is 13.1. The number of hydrazine groups is 1. The van der Waals surface area contributed by atoms with Gasteiger partial charge < -0.3 is 0 Å². The number of benzene rings is 2. The quantitative estimate of drug-likeness (QED) is 0.399. The Hall–Kier alpha value is -3.04. The van der Waals surface area contributed by atoms with Crippen LogP contribution in [0, 0.1) is 10.1 Å². The molecule has 140 valence electrons. The fourth-order valence-corrected chi connectivity index (χ4v) is 2.42. The van der Waals surface area contributed by atoms with Gasteiger partial charge in [-0.25, -0.2) is 0 Å². The minimum Gasteiger partial charge on any atom is -0.298 e. The van der Waals surface area contributed by atoms with Crippen LogP contribution in [0.4, 0.5) is 5.69 Å². The molecule has 0 aliphatic heterocycles. The van der Waals surface area contributed by atoms with Crippen LogP contribution in [0.5, 0.6) is 0 Å². The SMILES string of the molecule is O=C(CCc1ccccc1)NNC(=S)NC(=O)c1ccc(Cl)c([N+](=O)[O-])c1. The highest BCUT2D eigenvalue weighted by atomic mass is 35.5. The van der Waals surface area contributed by atoms with Crippen molar-refractivity contribution < 1.29 is 14.5 Å². The first-order valence-electron chi connectivity index (χ1n) is 7.75. The summed E-state index contributed by atoms with van der Waals surface area (Å²) in [5, 5.41) is 12.9. The molecule has 2 aromatic rings.